The fourth-order valence-electron chi connectivity index (χ4n) is 1.42. The Morgan fingerprint density at radius 2 is 2.00 bits per heavy atom. The SMILES string of the molecule is COCCNCC(=O)NC(C)CCC(C)(C)C. The zero-order valence-electron chi connectivity index (χ0n) is 11.9. The summed E-state index contributed by atoms with van der Waals surface area (Å²) in [6.45, 7) is 10.4. The van der Waals surface area contributed by atoms with Crippen LogP contribution >= 0.6 is 0 Å². The molecule has 2 N–H and O–H groups in total. The van der Waals surface area contributed by atoms with E-state index in [1.165, 1.54) is 0 Å². The molecule has 102 valence electrons. The van der Waals surface area contributed by atoms with E-state index in [1.54, 1.807) is 7.11 Å². The second-order valence-electron chi connectivity index (χ2n) is 5.74. The summed E-state index contributed by atoms with van der Waals surface area (Å²) in [4.78, 5) is 11.5. The number of carbonyl (C=O) groups is 1. The zero-order chi connectivity index (χ0) is 13.3. The van der Waals surface area contributed by atoms with Gasteiger partial charge in [0, 0.05) is 19.7 Å². The average Bonchev–Trinajstić information content (AvgIpc) is 2.21. The molecule has 1 amide bonds. The van der Waals surface area contributed by atoms with Crippen molar-refractivity contribution in [3.63, 3.8) is 0 Å². The lowest BCUT2D eigenvalue weighted by Crippen LogP contribution is -2.40. The van der Waals surface area contributed by atoms with Crippen molar-refractivity contribution < 1.29 is 9.53 Å². The smallest absolute Gasteiger partial charge is 0.234 e. The number of nitrogens with one attached hydrogen (secondary N) is 2. The monoisotopic (exact) mass is 244 g/mol. The van der Waals surface area contributed by atoms with Gasteiger partial charge in [-0.25, -0.2) is 0 Å². The fraction of sp³-hybridized carbons (Fsp3) is 0.923. The minimum atomic E-state index is 0.0579. The van der Waals surface area contributed by atoms with Crippen molar-refractivity contribution in [2.45, 2.75) is 46.6 Å². The van der Waals surface area contributed by atoms with Crippen LogP contribution in [0.3, 0.4) is 0 Å². The Hall–Kier alpha value is -0.610. The predicted molar refractivity (Wildman–Crippen MR) is 71.0 cm³/mol. The maximum atomic E-state index is 11.5. The molecule has 0 saturated heterocycles. The Kier molecular flexibility index (Phi) is 8.17. The first kappa shape index (κ1) is 16.4. The maximum absolute atomic E-state index is 11.5. The molecule has 1 unspecified atom stereocenters. The second kappa shape index (κ2) is 8.48. The molecule has 4 heteroatoms. The Balaban J connectivity index is 3.59. The molecule has 0 spiro atoms. The van der Waals surface area contributed by atoms with Gasteiger partial charge in [0.1, 0.15) is 0 Å². The summed E-state index contributed by atoms with van der Waals surface area (Å²) in [7, 11) is 1.65. The van der Waals surface area contributed by atoms with E-state index < -0.39 is 0 Å². The van der Waals surface area contributed by atoms with Crippen molar-refractivity contribution in [2.24, 2.45) is 5.41 Å². The molecule has 1 atom stereocenters. The van der Waals surface area contributed by atoms with Crippen LogP contribution in [0.4, 0.5) is 0 Å². The van der Waals surface area contributed by atoms with Gasteiger partial charge in [-0.2, -0.15) is 0 Å². The van der Waals surface area contributed by atoms with Crippen LogP contribution in [-0.4, -0.2) is 38.8 Å². The molecule has 0 rings (SSSR count). The van der Waals surface area contributed by atoms with E-state index in [1.807, 2.05) is 0 Å². The van der Waals surface area contributed by atoms with Gasteiger partial charge < -0.3 is 15.4 Å². The number of ether oxygens (including phenoxy) is 1. The van der Waals surface area contributed by atoms with Gasteiger partial charge >= 0.3 is 0 Å². The second-order valence-corrected chi connectivity index (χ2v) is 5.74. The van der Waals surface area contributed by atoms with Gasteiger partial charge in [0.05, 0.1) is 13.2 Å². The van der Waals surface area contributed by atoms with Crippen LogP contribution in [0.1, 0.15) is 40.5 Å². The molecular formula is C13H28N2O2. The van der Waals surface area contributed by atoms with Gasteiger partial charge in [-0.3, -0.25) is 4.79 Å². The number of rotatable bonds is 8. The summed E-state index contributed by atoms with van der Waals surface area (Å²) in [5.74, 6) is 0.0579. The third kappa shape index (κ3) is 11.6. The van der Waals surface area contributed by atoms with Gasteiger partial charge in [-0.15, -0.1) is 0 Å². The molecule has 0 fully saturated rings. The van der Waals surface area contributed by atoms with Crippen LogP contribution in [0.15, 0.2) is 0 Å². The van der Waals surface area contributed by atoms with E-state index in [2.05, 4.69) is 38.3 Å². The molecule has 17 heavy (non-hydrogen) atoms. The van der Waals surface area contributed by atoms with Crippen LogP contribution in [0.2, 0.25) is 0 Å². The van der Waals surface area contributed by atoms with Crippen molar-refractivity contribution in [3.8, 4) is 0 Å². The molecule has 0 aliphatic heterocycles. The topological polar surface area (TPSA) is 50.4 Å². The largest absolute Gasteiger partial charge is 0.383 e. The first-order chi connectivity index (χ1) is 7.85. The van der Waals surface area contributed by atoms with E-state index in [0.29, 0.717) is 25.1 Å². The Labute approximate surface area is 105 Å². The zero-order valence-corrected chi connectivity index (χ0v) is 11.9. The summed E-state index contributed by atoms with van der Waals surface area (Å²) in [6.07, 6.45) is 2.14. The summed E-state index contributed by atoms with van der Waals surface area (Å²) in [5, 5.41) is 6.01. The molecular weight excluding hydrogens is 216 g/mol. The van der Waals surface area contributed by atoms with E-state index >= 15 is 0 Å². The third-order valence-corrected chi connectivity index (χ3v) is 2.50. The first-order valence-electron chi connectivity index (χ1n) is 6.34. The Bertz CT molecular complexity index is 212. The lowest BCUT2D eigenvalue weighted by atomic mass is 9.89. The molecule has 0 saturated carbocycles. The highest BCUT2D eigenvalue weighted by Gasteiger charge is 2.13. The average molecular weight is 244 g/mol. The van der Waals surface area contributed by atoms with Crippen molar-refractivity contribution in [2.75, 3.05) is 26.8 Å². The van der Waals surface area contributed by atoms with Crippen molar-refractivity contribution in [1.82, 2.24) is 10.6 Å². The Morgan fingerprint density at radius 1 is 1.35 bits per heavy atom. The minimum absolute atomic E-state index is 0.0579. The highest BCUT2D eigenvalue weighted by Crippen LogP contribution is 2.21. The highest BCUT2D eigenvalue weighted by atomic mass is 16.5. The summed E-state index contributed by atoms with van der Waals surface area (Å²) in [6, 6.07) is 0.242. The molecule has 0 aliphatic carbocycles. The van der Waals surface area contributed by atoms with E-state index in [9.17, 15) is 4.79 Å². The molecule has 0 aromatic rings. The summed E-state index contributed by atoms with van der Waals surface area (Å²) < 4.78 is 4.89. The van der Waals surface area contributed by atoms with E-state index in [4.69, 9.17) is 4.74 Å². The molecule has 0 aromatic carbocycles. The number of methoxy groups -OCH3 is 1. The lowest BCUT2D eigenvalue weighted by molar-refractivity contribution is -0.120. The number of amides is 1. The van der Waals surface area contributed by atoms with Gasteiger partial charge in [-0.1, -0.05) is 20.8 Å². The third-order valence-electron chi connectivity index (χ3n) is 2.50. The number of hydrogen-bond acceptors (Lipinski definition) is 3. The van der Waals surface area contributed by atoms with Crippen molar-refractivity contribution in [1.29, 1.82) is 0 Å². The molecule has 0 bridgehead atoms. The van der Waals surface area contributed by atoms with Crippen molar-refractivity contribution in [3.05, 3.63) is 0 Å². The van der Waals surface area contributed by atoms with E-state index in [0.717, 1.165) is 12.8 Å². The van der Waals surface area contributed by atoms with Gasteiger partial charge in [0.2, 0.25) is 5.91 Å². The molecule has 0 radical (unpaired) electrons. The van der Waals surface area contributed by atoms with Gasteiger partial charge in [0.25, 0.3) is 0 Å². The van der Waals surface area contributed by atoms with E-state index in [-0.39, 0.29) is 11.9 Å². The minimum Gasteiger partial charge on any atom is -0.383 e. The summed E-state index contributed by atoms with van der Waals surface area (Å²) in [5.41, 5.74) is 0.329. The molecule has 0 heterocycles. The van der Waals surface area contributed by atoms with Crippen LogP contribution in [0.25, 0.3) is 0 Å². The molecule has 4 nitrogen and oxygen atoms in total. The highest BCUT2D eigenvalue weighted by molar-refractivity contribution is 5.78. The van der Waals surface area contributed by atoms with Crippen LogP contribution in [0, 0.1) is 5.41 Å². The normalized spacial score (nSPS) is 13.5. The summed E-state index contributed by atoms with van der Waals surface area (Å²) >= 11 is 0. The number of carbonyl (C=O) groups excluding carboxylic acids is 1. The maximum Gasteiger partial charge on any atom is 0.234 e. The van der Waals surface area contributed by atoms with Crippen LogP contribution < -0.4 is 10.6 Å². The van der Waals surface area contributed by atoms with Gasteiger partial charge in [0.15, 0.2) is 0 Å². The first-order valence-corrected chi connectivity index (χ1v) is 6.34. The van der Waals surface area contributed by atoms with Crippen molar-refractivity contribution >= 4 is 5.91 Å². The van der Waals surface area contributed by atoms with Gasteiger partial charge in [-0.05, 0) is 25.2 Å². The van der Waals surface area contributed by atoms with Crippen LogP contribution in [-0.2, 0) is 9.53 Å². The number of hydrogen-bond donors (Lipinski definition) is 2. The lowest BCUT2D eigenvalue weighted by Gasteiger charge is -2.21. The van der Waals surface area contributed by atoms with Crippen LogP contribution in [0.5, 0.6) is 0 Å². The Morgan fingerprint density at radius 3 is 2.53 bits per heavy atom. The predicted octanol–water partition coefficient (Wildman–Crippen LogP) is 1.55. The molecule has 0 aromatic heterocycles. The quantitative estimate of drug-likeness (QED) is 0.637. The fourth-order valence-corrected chi connectivity index (χ4v) is 1.42. The standard InChI is InChI=1S/C13H28N2O2/c1-11(6-7-13(2,3)4)15-12(16)10-14-8-9-17-5/h11,14H,6-10H2,1-5H3,(H,15,16). The molecule has 0 aliphatic rings.